The van der Waals surface area contributed by atoms with Crippen LogP contribution in [0.2, 0.25) is 0 Å². The maximum absolute atomic E-state index is 11.0. The molecular weight excluding hydrogens is 528 g/mol. The molecule has 12 heteroatoms. The molecule has 228 valence electrons. The van der Waals surface area contributed by atoms with E-state index in [0.717, 1.165) is 0 Å². The molecule has 0 unspecified atom stereocenters. The molecule has 0 atom stereocenters. The number of esters is 4. The molecule has 12 nitrogen and oxygen atoms in total. The second-order valence-corrected chi connectivity index (χ2v) is 8.11. The van der Waals surface area contributed by atoms with Gasteiger partial charge in [-0.3, -0.25) is 0 Å². The van der Waals surface area contributed by atoms with E-state index in [2.05, 4.69) is 26.3 Å². The fourth-order valence-corrected chi connectivity index (χ4v) is 1.91. The summed E-state index contributed by atoms with van der Waals surface area (Å²) in [5.74, 6) is -1.73. The third kappa shape index (κ3) is 26.3. The second-order valence-electron chi connectivity index (χ2n) is 8.11. The van der Waals surface area contributed by atoms with Crippen molar-refractivity contribution in [3.63, 3.8) is 0 Å². The molecule has 0 radical (unpaired) electrons. The van der Waals surface area contributed by atoms with Crippen LogP contribution in [0, 0.1) is 0 Å². The van der Waals surface area contributed by atoms with E-state index in [1.54, 1.807) is 27.7 Å². The zero-order valence-electron chi connectivity index (χ0n) is 24.2. The number of rotatable bonds is 22. The van der Waals surface area contributed by atoms with Crippen molar-refractivity contribution >= 4 is 23.9 Å². The van der Waals surface area contributed by atoms with Crippen molar-refractivity contribution in [2.75, 3.05) is 79.3 Å². The van der Waals surface area contributed by atoms with Crippen molar-refractivity contribution in [3.05, 3.63) is 48.6 Å². The van der Waals surface area contributed by atoms with Crippen molar-refractivity contribution in [2.24, 2.45) is 0 Å². The minimum Gasteiger partial charge on any atom is -0.460 e. The molecule has 0 aromatic heterocycles. The molecule has 0 aliphatic carbocycles. The molecule has 0 bridgehead atoms. The molecule has 0 aromatic carbocycles. The van der Waals surface area contributed by atoms with Gasteiger partial charge in [-0.25, -0.2) is 19.2 Å². The van der Waals surface area contributed by atoms with Crippen LogP contribution in [-0.4, -0.2) is 103 Å². The van der Waals surface area contributed by atoms with E-state index in [0.29, 0.717) is 61.9 Å². The molecule has 0 N–H and O–H groups in total. The summed E-state index contributed by atoms with van der Waals surface area (Å²) in [6.07, 6.45) is 0. The van der Waals surface area contributed by atoms with Crippen LogP contribution in [0.3, 0.4) is 0 Å². The topological polar surface area (TPSA) is 142 Å². The van der Waals surface area contributed by atoms with Crippen LogP contribution in [0.5, 0.6) is 0 Å². The summed E-state index contributed by atoms with van der Waals surface area (Å²) in [7, 11) is 0. The third-order valence-electron chi connectivity index (χ3n) is 3.98. The summed E-state index contributed by atoms with van der Waals surface area (Å²) in [6.45, 7) is 23.6. The average Bonchev–Trinajstić information content (AvgIpc) is 2.90. The second kappa shape index (κ2) is 25.9. The van der Waals surface area contributed by atoms with Gasteiger partial charge in [-0.1, -0.05) is 26.3 Å². The zero-order valence-corrected chi connectivity index (χ0v) is 24.2. The van der Waals surface area contributed by atoms with Crippen molar-refractivity contribution in [1.29, 1.82) is 0 Å². The summed E-state index contributed by atoms with van der Waals surface area (Å²) >= 11 is 0. The Morgan fingerprint density at radius 1 is 0.350 bits per heavy atom. The molecule has 0 aliphatic rings. The highest BCUT2D eigenvalue weighted by Crippen LogP contribution is 1.94. The van der Waals surface area contributed by atoms with E-state index in [9.17, 15) is 19.2 Å². The summed E-state index contributed by atoms with van der Waals surface area (Å²) in [4.78, 5) is 44.0. The molecule has 0 fully saturated rings. The molecule has 0 saturated carbocycles. The Labute approximate surface area is 236 Å². The van der Waals surface area contributed by atoms with Gasteiger partial charge in [0.2, 0.25) is 0 Å². The largest absolute Gasteiger partial charge is 0.460 e. The predicted molar refractivity (Wildman–Crippen MR) is 146 cm³/mol. The lowest BCUT2D eigenvalue weighted by Crippen LogP contribution is -2.15. The van der Waals surface area contributed by atoms with E-state index in [1.807, 2.05) is 0 Å². The maximum Gasteiger partial charge on any atom is 0.333 e. The Kier molecular flexibility index (Phi) is 25.2. The van der Waals surface area contributed by atoms with Crippen LogP contribution in [0.15, 0.2) is 48.6 Å². The van der Waals surface area contributed by atoms with Crippen LogP contribution in [0.4, 0.5) is 0 Å². The van der Waals surface area contributed by atoms with Crippen LogP contribution in [-0.2, 0) is 57.1 Å². The van der Waals surface area contributed by atoms with Gasteiger partial charge in [-0.15, -0.1) is 0 Å². The van der Waals surface area contributed by atoms with E-state index in [1.165, 1.54) is 0 Å². The van der Waals surface area contributed by atoms with Gasteiger partial charge in [-0.2, -0.15) is 0 Å². The molecule has 0 spiro atoms. The molecule has 0 saturated heterocycles. The lowest BCUT2D eigenvalue weighted by atomic mass is 10.4. The Morgan fingerprint density at radius 2 is 0.500 bits per heavy atom. The SMILES string of the molecule is C=C(C)C(=O)OCCOCCOC(=O)C(=C)C.C=C(C)C(=O)OCCOCCOCCOCCOC(=O)C(=C)C. The molecule has 0 aliphatic heterocycles. The average molecular weight is 573 g/mol. The van der Waals surface area contributed by atoms with Crippen molar-refractivity contribution in [1.82, 2.24) is 0 Å². The summed E-state index contributed by atoms with van der Waals surface area (Å²) in [5, 5.41) is 0. The van der Waals surface area contributed by atoms with Gasteiger partial charge in [-0.05, 0) is 27.7 Å². The minimum absolute atomic E-state index is 0.153. The van der Waals surface area contributed by atoms with E-state index < -0.39 is 23.9 Å². The van der Waals surface area contributed by atoms with Gasteiger partial charge in [0, 0.05) is 22.3 Å². The Hall–Kier alpha value is -3.32. The highest BCUT2D eigenvalue weighted by molar-refractivity contribution is 5.88. The van der Waals surface area contributed by atoms with Gasteiger partial charge >= 0.3 is 23.9 Å². The Bertz CT molecular complexity index is 765. The monoisotopic (exact) mass is 572 g/mol. The van der Waals surface area contributed by atoms with Gasteiger partial charge in [0.25, 0.3) is 0 Å². The van der Waals surface area contributed by atoms with Gasteiger partial charge in [0.1, 0.15) is 26.4 Å². The first-order valence-corrected chi connectivity index (χ1v) is 12.5. The lowest BCUT2D eigenvalue weighted by molar-refractivity contribution is -0.142. The fourth-order valence-electron chi connectivity index (χ4n) is 1.91. The van der Waals surface area contributed by atoms with Crippen molar-refractivity contribution in [3.8, 4) is 0 Å². The predicted octanol–water partition coefficient (Wildman–Crippen LogP) is 2.52. The highest BCUT2D eigenvalue weighted by Gasteiger charge is 2.04. The number of ether oxygens (including phenoxy) is 8. The first-order valence-electron chi connectivity index (χ1n) is 12.5. The number of hydrogen-bond acceptors (Lipinski definition) is 12. The maximum atomic E-state index is 11.0. The Balaban J connectivity index is 0. The first kappa shape index (κ1) is 38.8. The quantitative estimate of drug-likeness (QED) is 0.0814. The highest BCUT2D eigenvalue weighted by atomic mass is 16.6. The van der Waals surface area contributed by atoms with Crippen LogP contribution < -0.4 is 0 Å². The molecule has 0 aromatic rings. The van der Waals surface area contributed by atoms with Crippen molar-refractivity contribution < 1.29 is 57.1 Å². The van der Waals surface area contributed by atoms with Crippen LogP contribution in [0.1, 0.15) is 27.7 Å². The van der Waals surface area contributed by atoms with E-state index in [4.69, 9.17) is 37.9 Å². The molecule has 0 rings (SSSR count). The van der Waals surface area contributed by atoms with Crippen LogP contribution in [0.25, 0.3) is 0 Å². The fraction of sp³-hybridized carbons (Fsp3) is 0.571. The Morgan fingerprint density at radius 3 is 0.650 bits per heavy atom. The number of carbonyl (C=O) groups excluding carboxylic acids is 4. The number of hydrogen-bond donors (Lipinski definition) is 0. The van der Waals surface area contributed by atoms with Gasteiger partial charge in [0.15, 0.2) is 0 Å². The summed E-state index contributed by atoms with van der Waals surface area (Å²) in [5.41, 5.74) is 1.42. The standard InChI is InChI=1S/C16H26O7.C12H18O5/c1-13(2)15(17)22-11-9-20-7-5-19-6-8-21-10-12-23-16(18)14(3)4;1-9(2)11(13)16-7-5-15-6-8-17-12(14)10(3)4/h1,3,5-12H2,2,4H3;1,3,5-8H2,2,4H3. The molecule has 0 heterocycles. The minimum atomic E-state index is -0.442. The third-order valence-corrected chi connectivity index (χ3v) is 3.98. The van der Waals surface area contributed by atoms with Crippen LogP contribution >= 0.6 is 0 Å². The molecule has 0 amide bonds. The van der Waals surface area contributed by atoms with Crippen molar-refractivity contribution in [2.45, 2.75) is 27.7 Å². The summed E-state index contributed by atoms with van der Waals surface area (Å²) < 4.78 is 40.1. The molecular formula is C28H44O12. The van der Waals surface area contributed by atoms with Gasteiger partial charge in [0.05, 0.1) is 52.9 Å². The van der Waals surface area contributed by atoms with E-state index >= 15 is 0 Å². The zero-order chi connectivity index (χ0) is 30.8. The number of carbonyl (C=O) groups is 4. The smallest absolute Gasteiger partial charge is 0.333 e. The lowest BCUT2D eigenvalue weighted by Gasteiger charge is -2.08. The first-order chi connectivity index (χ1) is 18.9. The van der Waals surface area contributed by atoms with Gasteiger partial charge < -0.3 is 37.9 Å². The normalized spacial score (nSPS) is 9.90. The van der Waals surface area contributed by atoms with E-state index in [-0.39, 0.29) is 39.6 Å². The molecule has 40 heavy (non-hydrogen) atoms. The summed E-state index contributed by atoms with van der Waals surface area (Å²) in [6, 6.07) is 0.